The van der Waals surface area contributed by atoms with E-state index in [4.69, 9.17) is 21.1 Å². The lowest BCUT2D eigenvalue weighted by Gasteiger charge is -2.18. The van der Waals surface area contributed by atoms with E-state index >= 15 is 0 Å². The summed E-state index contributed by atoms with van der Waals surface area (Å²) in [5.74, 6) is 2.43. The van der Waals surface area contributed by atoms with Crippen LogP contribution in [-0.2, 0) is 5.88 Å². The van der Waals surface area contributed by atoms with Crippen LogP contribution in [0.5, 0.6) is 11.5 Å². The Bertz CT molecular complexity index is 966. The topological polar surface area (TPSA) is 18.5 Å². The van der Waals surface area contributed by atoms with Crippen LogP contribution in [0.15, 0.2) is 42.5 Å². The van der Waals surface area contributed by atoms with Crippen molar-refractivity contribution in [1.29, 1.82) is 0 Å². The molecule has 0 fully saturated rings. The van der Waals surface area contributed by atoms with Gasteiger partial charge >= 0.3 is 0 Å². The highest BCUT2D eigenvalue weighted by molar-refractivity contribution is 6.17. The highest BCUT2D eigenvalue weighted by Crippen LogP contribution is 2.43. The van der Waals surface area contributed by atoms with Crippen molar-refractivity contribution in [3.63, 3.8) is 0 Å². The molecule has 32 heavy (non-hydrogen) atoms. The van der Waals surface area contributed by atoms with E-state index in [2.05, 4.69) is 56.3 Å². The summed E-state index contributed by atoms with van der Waals surface area (Å²) in [4.78, 5) is 0. The second-order valence-corrected chi connectivity index (χ2v) is 9.01. The molecule has 174 valence electrons. The standard InChI is InChI=1S/C29H39ClO2/c1-3-5-7-9-13-19-31-28-24-15-11-12-16-25(24)29(32-20-14-10-8-6-4-2)27-21-23(22-30)17-18-26(27)28/h11-12,15-18,21H,3-10,13-14,19-20,22H2,1-2H3. The number of fused-ring (bicyclic) bond motifs is 2. The van der Waals surface area contributed by atoms with Crippen LogP contribution in [0.2, 0.25) is 0 Å². The van der Waals surface area contributed by atoms with E-state index in [-0.39, 0.29) is 0 Å². The van der Waals surface area contributed by atoms with E-state index in [1.54, 1.807) is 0 Å². The first-order valence-corrected chi connectivity index (χ1v) is 13.1. The van der Waals surface area contributed by atoms with Crippen molar-refractivity contribution in [2.75, 3.05) is 13.2 Å². The van der Waals surface area contributed by atoms with Gasteiger partial charge in [0, 0.05) is 27.4 Å². The van der Waals surface area contributed by atoms with Gasteiger partial charge in [-0.3, -0.25) is 0 Å². The van der Waals surface area contributed by atoms with Gasteiger partial charge in [-0.25, -0.2) is 0 Å². The predicted octanol–water partition coefficient (Wildman–Crippen LogP) is 9.43. The normalized spacial score (nSPS) is 11.3. The molecule has 3 heteroatoms. The number of hydrogen-bond acceptors (Lipinski definition) is 2. The van der Waals surface area contributed by atoms with Gasteiger partial charge in [-0.15, -0.1) is 11.6 Å². The maximum Gasteiger partial charge on any atom is 0.135 e. The predicted molar refractivity (Wildman–Crippen MR) is 140 cm³/mol. The summed E-state index contributed by atoms with van der Waals surface area (Å²) in [5.41, 5.74) is 1.10. The Labute approximate surface area is 199 Å². The smallest absolute Gasteiger partial charge is 0.135 e. The first-order valence-electron chi connectivity index (χ1n) is 12.6. The number of benzene rings is 3. The minimum absolute atomic E-state index is 0.493. The largest absolute Gasteiger partial charge is 0.492 e. The van der Waals surface area contributed by atoms with Crippen molar-refractivity contribution < 1.29 is 9.47 Å². The third-order valence-corrected chi connectivity index (χ3v) is 6.44. The van der Waals surface area contributed by atoms with E-state index in [1.807, 2.05) is 0 Å². The molecular weight excluding hydrogens is 416 g/mol. The molecule has 0 bridgehead atoms. The summed E-state index contributed by atoms with van der Waals surface area (Å²) in [6.07, 6.45) is 12.3. The highest BCUT2D eigenvalue weighted by Gasteiger charge is 2.16. The van der Waals surface area contributed by atoms with Crippen LogP contribution >= 0.6 is 11.6 Å². The second kappa shape index (κ2) is 13.6. The first kappa shape index (κ1) is 24.7. The van der Waals surface area contributed by atoms with Gasteiger partial charge in [0.2, 0.25) is 0 Å². The molecule has 0 aromatic heterocycles. The zero-order valence-corrected chi connectivity index (χ0v) is 20.7. The third kappa shape index (κ3) is 6.54. The van der Waals surface area contributed by atoms with Crippen molar-refractivity contribution in [2.45, 2.75) is 83.9 Å². The van der Waals surface area contributed by atoms with Crippen molar-refractivity contribution in [3.05, 3.63) is 48.0 Å². The molecule has 0 aliphatic carbocycles. The van der Waals surface area contributed by atoms with Crippen molar-refractivity contribution in [2.24, 2.45) is 0 Å². The molecule has 0 saturated carbocycles. The van der Waals surface area contributed by atoms with Gasteiger partial charge in [0.15, 0.2) is 0 Å². The van der Waals surface area contributed by atoms with E-state index in [1.165, 1.54) is 51.4 Å². The van der Waals surface area contributed by atoms with Crippen LogP contribution in [0.3, 0.4) is 0 Å². The fourth-order valence-electron chi connectivity index (χ4n) is 4.30. The fraction of sp³-hybridized carbons (Fsp3) is 0.517. The van der Waals surface area contributed by atoms with E-state index in [0.29, 0.717) is 5.88 Å². The zero-order chi connectivity index (χ0) is 22.6. The minimum Gasteiger partial charge on any atom is -0.492 e. The minimum atomic E-state index is 0.493. The average molecular weight is 455 g/mol. The first-order chi connectivity index (χ1) is 15.8. The molecule has 0 amide bonds. The number of ether oxygens (including phenoxy) is 2. The van der Waals surface area contributed by atoms with Crippen LogP contribution in [0.4, 0.5) is 0 Å². The van der Waals surface area contributed by atoms with Gasteiger partial charge in [0.25, 0.3) is 0 Å². The van der Waals surface area contributed by atoms with Gasteiger partial charge in [-0.05, 0) is 24.5 Å². The van der Waals surface area contributed by atoms with E-state index < -0.39 is 0 Å². The number of halogens is 1. The molecule has 0 saturated heterocycles. The van der Waals surface area contributed by atoms with Crippen LogP contribution in [-0.4, -0.2) is 13.2 Å². The molecule has 3 aromatic rings. The van der Waals surface area contributed by atoms with E-state index in [0.717, 1.165) is 64.7 Å². The molecule has 0 N–H and O–H groups in total. The maximum absolute atomic E-state index is 6.44. The molecule has 0 radical (unpaired) electrons. The summed E-state index contributed by atoms with van der Waals surface area (Å²) in [6.45, 7) is 5.99. The molecule has 2 nitrogen and oxygen atoms in total. The molecule has 0 aliphatic rings. The van der Waals surface area contributed by atoms with Gasteiger partial charge in [0.05, 0.1) is 13.2 Å². The molecule has 0 aliphatic heterocycles. The van der Waals surface area contributed by atoms with Crippen molar-refractivity contribution >= 4 is 33.1 Å². The summed E-state index contributed by atoms with van der Waals surface area (Å²) in [5, 5.41) is 4.48. The van der Waals surface area contributed by atoms with Crippen LogP contribution in [0.1, 0.15) is 83.6 Å². The molecule has 0 atom stereocenters. The van der Waals surface area contributed by atoms with Gasteiger partial charge in [-0.2, -0.15) is 0 Å². The SMILES string of the molecule is CCCCCCCOc1c2ccccc2c(OCCCCCCC)c2cc(CCl)ccc12. The molecule has 3 rings (SSSR count). The molecular formula is C29H39ClO2. The van der Waals surface area contributed by atoms with E-state index in [9.17, 15) is 0 Å². The third-order valence-electron chi connectivity index (χ3n) is 6.13. The zero-order valence-electron chi connectivity index (χ0n) is 19.9. The lowest BCUT2D eigenvalue weighted by molar-refractivity contribution is 0.306. The monoisotopic (exact) mass is 454 g/mol. The Kier molecular flexibility index (Phi) is 10.5. The average Bonchev–Trinajstić information content (AvgIpc) is 2.83. The maximum atomic E-state index is 6.44. The summed E-state index contributed by atoms with van der Waals surface area (Å²) in [7, 11) is 0. The Balaban J connectivity index is 1.89. The van der Waals surface area contributed by atoms with Crippen molar-refractivity contribution in [3.8, 4) is 11.5 Å². The van der Waals surface area contributed by atoms with Crippen LogP contribution in [0.25, 0.3) is 21.5 Å². The van der Waals surface area contributed by atoms with Gasteiger partial charge in [-0.1, -0.05) is 102 Å². The lowest BCUT2D eigenvalue weighted by Crippen LogP contribution is -2.02. The number of unbranched alkanes of at least 4 members (excludes halogenated alkanes) is 8. The highest BCUT2D eigenvalue weighted by atomic mass is 35.5. The molecule has 3 aromatic carbocycles. The summed E-state index contributed by atoms with van der Waals surface area (Å²) in [6, 6.07) is 14.9. The Morgan fingerprint density at radius 1 is 0.594 bits per heavy atom. The number of hydrogen-bond donors (Lipinski definition) is 0. The Morgan fingerprint density at radius 3 is 1.62 bits per heavy atom. The second-order valence-electron chi connectivity index (χ2n) is 8.74. The number of rotatable bonds is 15. The van der Waals surface area contributed by atoms with Gasteiger partial charge < -0.3 is 9.47 Å². The van der Waals surface area contributed by atoms with Crippen LogP contribution < -0.4 is 9.47 Å². The lowest BCUT2D eigenvalue weighted by atomic mass is 9.99. The van der Waals surface area contributed by atoms with Crippen molar-refractivity contribution in [1.82, 2.24) is 0 Å². The molecule has 0 unspecified atom stereocenters. The summed E-state index contributed by atoms with van der Waals surface area (Å²) >= 11 is 6.18. The molecule has 0 heterocycles. The Morgan fingerprint density at radius 2 is 1.09 bits per heavy atom. The Hall–Kier alpha value is -1.93. The number of alkyl halides is 1. The quantitative estimate of drug-likeness (QED) is 0.129. The van der Waals surface area contributed by atoms with Crippen LogP contribution in [0, 0.1) is 0 Å². The summed E-state index contributed by atoms with van der Waals surface area (Å²) < 4.78 is 12.9. The fourth-order valence-corrected chi connectivity index (χ4v) is 4.47. The molecule has 0 spiro atoms. The van der Waals surface area contributed by atoms with Gasteiger partial charge in [0.1, 0.15) is 11.5 Å².